The molecule has 0 fully saturated rings. The molecule has 2 rings (SSSR count). The molecule has 0 radical (unpaired) electrons. The molecule has 0 spiro atoms. The van der Waals surface area contributed by atoms with Crippen LogP contribution in [0.4, 0.5) is 5.82 Å². The number of nitrogen functional groups attached to an aromatic ring is 1. The highest BCUT2D eigenvalue weighted by molar-refractivity contribution is 5.84. The summed E-state index contributed by atoms with van der Waals surface area (Å²) in [6, 6.07) is 5.90. The van der Waals surface area contributed by atoms with Gasteiger partial charge in [0.05, 0.1) is 13.2 Å². The van der Waals surface area contributed by atoms with Crippen LogP contribution in [0.5, 0.6) is 0 Å². The molecule has 0 aromatic carbocycles. The fourth-order valence-corrected chi connectivity index (χ4v) is 1.21. The average Bonchev–Trinajstić information content (AvgIpc) is 2.12. The van der Waals surface area contributed by atoms with E-state index in [1.54, 1.807) is 6.20 Å². The first-order valence-corrected chi connectivity index (χ1v) is 3.78. The number of hydrogen-bond donors (Lipinski definition) is 1. The Morgan fingerprint density at radius 1 is 1.42 bits per heavy atom. The zero-order valence-electron chi connectivity index (χ0n) is 6.86. The van der Waals surface area contributed by atoms with Crippen molar-refractivity contribution in [3.05, 3.63) is 30.6 Å². The Hall–Kier alpha value is -1.64. The Morgan fingerprint density at radius 3 is 3.08 bits per heavy atom. The number of pyridine rings is 2. The maximum absolute atomic E-state index is 5.82. The molecule has 2 aromatic heterocycles. The number of aryl methyl sites for hydroxylation is 1. The van der Waals surface area contributed by atoms with E-state index >= 15 is 0 Å². The first-order chi connectivity index (χ1) is 5.79. The maximum Gasteiger partial charge on any atom is 0.298 e. The van der Waals surface area contributed by atoms with Gasteiger partial charge in [0.1, 0.15) is 0 Å². The quantitative estimate of drug-likeness (QED) is 0.575. The molecule has 0 atom stereocenters. The zero-order chi connectivity index (χ0) is 8.55. The van der Waals surface area contributed by atoms with E-state index in [2.05, 4.69) is 4.98 Å². The van der Waals surface area contributed by atoms with Gasteiger partial charge in [0.2, 0.25) is 0 Å². The molecule has 0 amide bonds. The molecule has 0 aliphatic rings. The van der Waals surface area contributed by atoms with Crippen LogP contribution < -0.4 is 10.3 Å². The number of anilines is 1. The molecular weight excluding hydrogens is 150 g/mol. The summed E-state index contributed by atoms with van der Waals surface area (Å²) in [6.45, 7) is 0. The normalized spacial score (nSPS) is 10.4. The lowest BCUT2D eigenvalue weighted by Gasteiger charge is -1.98. The molecule has 0 unspecified atom stereocenters. The molecule has 3 nitrogen and oxygen atoms in total. The van der Waals surface area contributed by atoms with Gasteiger partial charge in [-0.15, -0.1) is 0 Å². The summed E-state index contributed by atoms with van der Waals surface area (Å²) in [5.74, 6) is 0.702. The predicted molar refractivity (Wildman–Crippen MR) is 47.3 cm³/mol. The van der Waals surface area contributed by atoms with E-state index in [0.29, 0.717) is 5.82 Å². The highest BCUT2D eigenvalue weighted by Gasteiger charge is 2.05. The van der Waals surface area contributed by atoms with Crippen LogP contribution in [-0.2, 0) is 7.05 Å². The van der Waals surface area contributed by atoms with Gasteiger partial charge < -0.3 is 0 Å². The number of nitrogens with two attached hydrogens (primary N) is 1. The van der Waals surface area contributed by atoms with Crippen molar-refractivity contribution in [3.8, 4) is 0 Å². The van der Waals surface area contributed by atoms with Gasteiger partial charge in [-0.05, 0) is 12.1 Å². The minimum Gasteiger partial charge on any atom is -0.285 e. The van der Waals surface area contributed by atoms with Crippen molar-refractivity contribution in [1.29, 1.82) is 0 Å². The lowest BCUT2D eigenvalue weighted by Crippen LogP contribution is -2.31. The summed E-state index contributed by atoms with van der Waals surface area (Å²) in [5.41, 5.74) is 6.68. The maximum atomic E-state index is 5.82. The largest absolute Gasteiger partial charge is 0.298 e. The predicted octanol–water partition coefficient (Wildman–Crippen LogP) is 0.641. The van der Waals surface area contributed by atoms with Gasteiger partial charge >= 0.3 is 0 Å². The molecule has 2 heterocycles. The molecule has 3 heteroatoms. The smallest absolute Gasteiger partial charge is 0.285 e. The van der Waals surface area contributed by atoms with Crippen molar-refractivity contribution in [2.75, 3.05) is 5.73 Å². The lowest BCUT2D eigenvalue weighted by molar-refractivity contribution is -0.655. The van der Waals surface area contributed by atoms with Crippen LogP contribution in [0, 0.1) is 0 Å². The van der Waals surface area contributed by atoms with E-state index < -0.39 is 0 Å². The van der Waals surface area contributed by atoms with Crippen LogP contribution in [0.15, 0.2) is 30.6 Å². The Labute approximate surface area is 70.5 Å². The minimum absolute atomic E-state index is 0.702. The minimum atomic E-state index is 0.702. The fourth-order valence-electron chi connectivity index (χ4n) is 1.21. The van der Waals surface area contributed by atoms with Crippen molar-refractivity contribution in [3.63, 3.8) is 0 Å². The highest BCUT2D eigenvalue weighted by Crippen LogP contribution is 2.12. The van der Waals surface area contributed by atoms with E-state index in [0.717, 1.165) is 10.9 Å². The van der Waals surface area contributed by atoms with Crippen molar-refractivity contribution >= 4 is 16.7 Å². The molecule has 0 aliphatic heterocycles. The Kier molecular flexibility index (Phi) is 1.43. The van der Waals surface area contributed by atoms with Gasteiger partial charge in [-0.3, -0.25) is 5.73 Å². The molecule has 0 saturated carbocycles. The van der Waals surface area contributed by atoms with Gasteiger partial charge in [-0.2, -0.15) is 0 Å². The lowest BCUT2D eigenvalue weighted by atomic mass is 10.2. The molecule has 2 aromatic rings. The molecule has 0 saturated heterocycles. The van der Waals surface area contributed by atoms with Gasteiger partial charge in [-0.1, -0.05) is 6.07 Å². The van der Waals surface area contributed by atoms with Crippen LogP contribution in [0.3, 0.4) is 0 Å². The molecule has 0 aliphatic carbocycles. The van der Waals surface area contributed by atoms with Gasteiger partial charge in [0, 0.05) is 11.6 Å². The van der Waals surface area contributed by atoms with E-state index in [9.17, 15) is 0 Å². The second-order valence-corrected chi connectivity index (χ2v) is 2.75. The summed E-state index contributed by atoms with van der Waals surface area (Å²) >= 11 is 0. The second kappa shape index (κ2) is 2.44. The summed E-state index contributed by atoms with van der Waals surface area (Å²) in [4.78, 5) is 4.20. The third kappa shape index (κ3) is 0.906. The van der Waals surface area contributed by atoms with Crippen LogP contribution in [-0.4, -0.2) is 4.98 Å². The second-order valence-electron chi connectivity index (χ2n) is 2.75. The van der Waals surface area contributed by atoms with Crippen LogP contribution in [0.1, 0.15) is 0 Å². The summed E-state index contributed by atoms with van der Waals surface area (Å²) in [5, 5.41) is 1.08. The molecule has 2 N–H and O–H groups in total. The highest BCUT2D eigenvalue weighted by atomic mass is 15.0. The average molecular weight is 160 g/mol. The number of nitrogens with zero attached hydrogens (tertiary/aromatic N) is 2. The molecule has 0 bridgehead atoms. The first-order valence-electron chi connectivity index (χ1n) is 3.78. The summed E-state index contributed by atoms with van der Waals surface area (Å²) in [7, 11) is 1.91. The topological polar surface area (TPSA) is 42.8 Å². The third-order valence-electron chi connectivity index (χ3n) is 1.94. The molecule has 12 heavy (non-hydrogen) atoms. The number of aromatic nitrogens is 2. The van der Waals surface area contributed by atoms with Crippen LogP contribution >= 0.6 is 0 Å². The Bertz CT molecular complexity index is 423. The van der Waals surface area contributed by atoms with Gasteiger partial charge in [0.15, 0.2) is 5.52 Å². The van der Waals surface area contributed by atoms with Crippen molar-refractivity contribution in [2.24, 2.45) is 7.05 Å². The van der Waals surface area contributed by atoms with Gasteiger partial charge in [0.25, 0.3) is 5.82 Å². The zero-order valence-corrected chi connectivity index (χ0v) is 6.86. The van der Waals surface area contributed by atoms with Crippen molar-refractivity contribution in [2.45, 2.75) is 0 Å². The molecule has 60 valence electrons. The summed E-state index contributed by atoms with van der Waals surface area (Å²) < 4.78 is 1.86. The Balaban J connectivity index is 2.91. The number of hydrogen-bond acceptors (Lipinski definition) is 2. The number of fused-ring (bicyclic) bond motifs is 1. The van der Waals surface area contributed by atoms with Crippen molar-refractivity contribution < 1.29 is 4.57 Å². The van der Waals surface area contributed by atoms with Crippen LogP contribution in [0.2, 0.25) is 0 Å². The van der Waals surface area contributed by atoms with E-state index in [1.165, 1.54) is 0 Å². The number of rotatable bonds is 0. The van der Waals surface area contributed by atoms with E-state index in [4.69, 9.17) is 5.73 Å². The first kappa shape index (κ1) is 7.03. The summed E-state index contributed by atoms with van der Waals surface area (Å²) in [6.07, 6.45) is 3.68. The third-order valence-corrected chi connectivity index (χ3v) is 1.94. The monoisotopic (exact) mass is 160 g/mol. The Morgan fingerprint density at radius 2 is 2.25 bits per heavy atom. The standard InChI is InChI=1S/C9H9N3/c1-12-6-4-7-3-2-5-11-8(7)9(12)10/h2-6,10H,1H3/p+1. The SMILES string of the molecule is C[n+]1ccc2cccnc2c1N. The van der Waals surface area contributed by atoms with Crippen LogP contribution in [0.25, 0.3) is 10.9 Å². The fraction of sp³-hybridized carbons (Fsp3) is 0.111. The molecular formula is C9H10N3+. The van der Waals surface area contributed by atoms with Gasteiger partial charge in [-0.25, -0.2) is 9.55 Å². The van der Waals surface area contributed by atoms with E-state index in [1.807, 2.05) is 36.0 Å². The van der Waals surface area contributed by atoms with Crippen molar-refractivity contribution in [1.82, 2.24) is 4.98 Å². The van der Waals surface area contributed by atoms with E-state index in [-0.39, 0.29) is 0 Å².